The second-order valence-electron chi connectivity index (χ2n) is 4.82. The molecule has 0 aromatic heterocycles. The third kappa shape index (κ3) is 4.76. The molecule has 1 rings (SSSR count). The Morgan fingerprint density at radius 1 is 1.16 bits per heavy atom. The van der Waals surface area contributed by atoms with Crippen molar-refractivity contribution in [2.24, 2.45) is 0 Å². The van der Waals surface area contributed by atoms with Gasteiger partial charge in [0.1, 0.15) is 0 Å². The van der Waals surface area contributed by atoms with E-state index in [9.17, 15) is 13.2 Å². The van der Waals surface area contributed by atoms with Crippen LogP contribution in [0.5, 0.6) is 0 Å². The summed E-state index contributed by atoms with van der Waals surface area (Å²) < 4.78 is 24.1. The van der Waals surface area contributed by atoms with Crippen LogP contribution < -0.4 is 0 Å². The summed E-state index contributed by atoms with van der Waals surface area (Å²) in [6, 6.07) is 6.24. The molecule has 5 heteroatoms. The average Bonchev–Trinajstić information content (AvgIpc) is 2.37. The number of nitrogens with zero attached hydrogens (tertiary/aromatic N) is 1. The van der Waals surface area contributed by atoms with Crippen LogP contribution >= 0.6 is 0 Å². The number of carbonyl (C=O) groups is 1. The molecule has 0 fully saturated rings. The predicted molar refractivity (Wildman–Crippen MR) is 76.3 cm³/mol. The van der Waals surface area contributed by atoms with Gasteiger partial charge >= 0.3 is 0 Å². The summed E-state index contributed by atoms with van der Waals surface area (Å²) in [6.07, 6.45) is 1.29. The quantitative estimate of drug-likeness (QED) is 0.718. The molecule has 19 heavy (non-hydrogen) atoms. The van der Waals surface area contributed by atoms with Gasteiger partial charge in [-0.1, -0.05) is 19.1 Å². The molecule has 0 spiro atoms. The highest BCUT2D eigenvalue weighted by Gasteiger charge is 2.15. The van der Waals surface area contributed by atoms with Crippen LogP contribution in [0.3, 0.4) is 0 Å². The van der Waals surface area contributed by atoms with Crippen molar-refractivity contribution in [2.75, 3.05) is 26.4 Å². The number of benzene rings is 1. The molecule has 0 unspecified atom stereocenters. The number of carbonyl (C=O) groups excluding carboxylic acids is 1. The lowest BCUT2D eigenvalue weighted by Gasteiger charge is -2.10. The van der Waals surface area contributed by atoms with Crippen LogP contribution in [-0.4, -0.2) is 45.5 Å². The number of rotatable bonds is 7. The van der Waals surface area contributed by atoms with E-state index in [2.05, 4.69) is 0 Å². The summed E-state index contributed by atoms with van der Waals surface area (Å²) in [5.74, 6) is 0.141. The normalized spacial score (nSPS) is 11.8. The molecule has 0 amide bonds. The third-order valence-corrected chi connectivity index (χ3v) is 4.53. The third-order valence-electron chi connectivity index (χ3n) is 2.82. The fraction of sp³-hybridized carbons (Fsp3) is 0.500. The van der Waals surface area contributed by atoms with Crippen molar-refractivity contribution in [3.63, 3.8) is 0 Å². The van der Waals surface area contributed by atoms with Crippen molar-refractivity contribution in [1.29, 1.82) is 0 Å². The summed E-state index contributed by atoms with van der Waals surface area (Å²) in [4.78, 5) is 13.8. The van der Waals surface area contributed by atoms with Crippen LogP contribution in [0.25, 0.3) is 0 Å². The van der Waals surface area contributed by atoms with E-state index in [1.807, 2.05) is 25.9 Å². The maximum absolute atomic E-state index is 12.0. The lowest BCUT2D eigenvalue weighted by molar-refractivity contribution is 0.0981. The lowest BCUT2D eigenvalue weighted by atomic mass is 10.1. The first-order chi connectivity index (χ1) is 8.86. The fourth-order valence-electron chi connectivity index (χ4n) is 1.64. The van der Waals surface area contributed by atoms with Crippen molar-refractivity contribution in [2.45, 2.75) is 24.7 Å². The molecule has 0 aliphatic heterocycles. The maximum atomic E-state index is 12.0. The van der Waals surface area contributed by atoms with Gasteiger partial charge < -0.3 is 4.90 Å². The van der Waals surface area contributed by atoms with Crippen LogP contribution in [0, 0.1) is 0 Å². The molecule has 0 heterocycles. The molecule has 0 saturated carbocycles. The van der Waals surface area contributed by atoms with Gasteiger partial charge in [0.25, 0.3) is 0 Å². The van der Waals surface area contributed by atoms with E-state index in [1.165, 1.54) is 12.1 Å². The van der Waals surface area contributed by atoms with Crippen LogP contribution in [0.4, 0.5) is 0 Å². The van der Waals surface area contributed by atoms with Crippen molar-refractivity contribution < 1.29 is 13.2 Å². The highest BCUT2D eigenvalue weighted by molar-refractivity contribution is 7.91. The summed E-state index contributed by atoms with van der Waals surface area (Å²) >= 11 is 0. The minimum atomic E-state index is -3.26. The Hall–Kier alpha value is -1.20. The Kier molecular flexibility index (Phi) is 5.69. The van der Waals surface area contributed by atoms with E-state index < -0.39 is 9.84 Å². The maximum Gasteiger partial charge on any atom is 0.179 e. The molecule has 106 valence electrons. The second kappa shape index (κ2) is 6.82. The van der Waals surface area contributed by atoms with Crippen LogP contribution in [0.1, 0.15) is 30.1 Å². The molecule has 1 aromatic rings. The summed E-state index contributed by atoms with van der Waals surface area (Å²) in [5.41, 5.74) is 0.577. The standard InChI is InChI=1S/C14H21NO3S/c1-4-5-14(16)12-6-8-13(9-7-12)19(17,18)11-10-15(2)3/h6-9H,4-5,10-11H2,1-3H3. The number of Topliss-reactive ketones (excluding diaryl/α,β-unsaturated/α-hetero) is 1. The number of hydrogen-bond donors (Lipinski definition) is 0. The zero-order chi connectivity index (χ0) is 14.5. The van der Waals surface area contributed by atoms with E-state index in [-0.39, 0.29) is 16.4 Å². The fourth-order valence-corrected chi connectivity index (χ4v) is 3.03. The molecular weight excluding hydrogens is 262 g/mol. The molecule has 0 aliphatic rings. The molecule has 0 radical (unpaired) electrons. The van der Waals surface area contributed by atoms with E-state index in [1.54, 1.807) is 12.1 Å². The van der Waals surface area contributed by atoms with Crippen molar-refractivity contribution >= 4 is 15.6 Å². The summed E-state index contributed by atoms with van der Waals surface area (Å²) in [5, 5.41) is 0. The van der Waals surface area contributed by atoms with Gasteiger partial charge in [-0.2, -0.15) is 0 Å². The highest BCUT2D eigenvalue weighted by atomic mass is 32.2. The second-order valence-corrected chi connectivity index (χ2v) is 6.93. The van der Waals surface area contributed by atoms with Gasteiger partial charge in [0.15, 0.2) is 15.6 Å². The van der Waals surface area contributed by atoms with E-state index in [4.69, 9.17) is 0 Å². The molecular formula is C14H21NO3S. The van der Waals surface area contributed by atoms with Gasteiger partial charge in [-0.15, -0.1) is 0 Å². The molecule has 4 nitrogen and oxygen atoms in total. The number of hydrogen-bond acceptors (Lipinski definition) is 4. The van der Waals surface area contributed by atoms with E-state index >= 15 is 0 Å². The summed E-state index contributed by atoms with van der Waals surface area (Å²) in [6.45, 7) is 2.43. The Morgan fingerprint density at radius 2 is 1.74 bits per heavy atom. The Balaban J connectivity index is 2.83. The zero-order valence-electron chi connectivity index (χ0n) is 11.7. The van der Waals surface area contributed by atoms with Crippen LogP contribution in [-0.2, 0) is 9.84 Å². The van der Waals surface area contributed by atoms with Crippen molar-refractivity contribution in [1.82, 2.24) is 4.90 Å². The van der Waals surface area contributed by atoms with Crippen LogP contribution in [0.2, 0.25) is 0 Å². The van der Waals surface area contributed by atoms with E-state index in [0.717, 1.165) is 6.42 Å². The van der Waals surface area contributed by atoms with Gasteiger partial charge in [0.05, 0.1) is 10.6 Å². The first-order valence-corrected chi connectivity index (χ1v) is 8.03. The van der Waals surface area contributed by atoms with Gasteiger partial charge in [-0.3, -0.25) is 4.79 Å². The highest BCUT2D eigenvalue weighted by Crippen LogP contribution is 2.14. The zero-order valence-corrected chi connectivity index (χ0v) is 12.5. The Morgan fingerprint density at radius 3 is 2.21 bits per heavy atom. The molecule has 0 aliphatic carbocycles. The minimum Gasteiger partial charge on any atom is -0.308 e. The monoisotopic (exact) mass is 283 g/mol. The van der Waals surface area contributed by atoms with Gasteiger partial charge in [0, 0.05) is 18.5 Å². The molecule has 1 aromatic carbocycles. The predicted octanol–water partition coefficient (Wildman–Crippen LogP) is 2.00. The first-order valence-electron chi connectivity index (χ1n) is 6.37. The van der Waals surface area contributed by atoms with Gasteiger partial charge in [0.2, 0.25) is 0 Å². The molecule has 0 saturated heterocycles. The molecule has 0 bridgehead atoms. The summed E-state index contributed by atoms with van der Waals surface area (Å²) in [7, 11) is 0.408. The van der Waals surface area contributed by atoms with Gasteiger partial charge in [-0.25, -0.2) is 8.42 Å². The smallest absolute Gasteiger partial charge is 0.179 e. The Labute approximate surface area is 115 Å². The van der Waals surface area contributed by atoms with E-state index in [0.29, 0.717) is 18.5 Å². The largest absolute Gasteiger partial charge is 0.308 e. The van der Waals surface area contributed by atoms with Crippen molar-refractivity contribution in [3.8, 4) is 0 Å². The van der Waals surface area contributed by atoms with Gasteiger partial charge in [-0.05, 0) is 32.6 Å². The lowest BCUT2D eigenvalue weighted by Crippen LogP contribution is -2.22. The molecule has 0 N–H and O–H groups in total. The molecule has 0 atom stereocenters. The first kappa shape index (κ1) is 15.9. The SMILES string of the molecule is CCCC(=O)c1ccc(S(=O)(=O)CCN(C)C)cc1. The van der Waals surface area contributed by atoms with Crippen molar-refractivity contribution in [3.05, 3.63) is 29.8 Å². The average molecular weight is 283 g/mol. The number of ketones is 1. The number of sulfone groups is 1. The minimum absolute atomic E-state index is 0.0553. The topological polar surface area (TPSA) is 54.5 Å². The van der Waals surface area contributed by atoms with Crippen LogP contribution in [0.15, 0.2) is 29.2 Å². The Bertz CT molecular complexity index is 518.